The molecule has 3 heteroatoms. The third-order valence-electron chi connectivity index (χ3n) is 4.00. The third kappa shape index (κ3) is 10.6. The Morgan fingerprint density at radius 1 is 0.571 bits per heavy atom. The summed E-state index contributed by atoms with van der Waals surface area (Å²) in [7, 11) is 0. The number of hydrogen-bond acceptors (Lipinski definition) is 3. The van der Waals surface area contributed by atoms with Gasteiger partial charge in [0.15, 0.2) is 0 Å². The standard InChI is InChI=1S/3C8H11N.CH4/c1-7(2)8-3-5-9-6-4-8;1-7(2)8-4-3-5-9-6-8;1-7(2)8-5-3-4-6-9-8;/h3*3-7H,1-2H3;1H4. The summed E-state index contributed by atoms with van der Waals surface area (Å²) in [6, 6.07) is 14.2. The van der Waals surface area contributed by atoms with E-state index in [9.17, 15) is 0 Å². The van der Waals surface area contributed by atoms with Crippen LogP contribution < -0.4 is 0 Å². The number of pyridine rings is 3. The van der Waals surface area contributed by atoms with E-state index in [1.165, 1.54) is 11.1 Å². The predicted octanol–water partition coefficient (Wildman–Crippen LogP) is 7.25. The monoisotopic (exact) mass is 379 g/mol. The number of aromatic nitrogens is 3. The van der Waals surface area contributed by atoms with E-state index in [1.54, 1.807) is 6.20 Å². The molecule has 0 saturated heterocycles. The van der Waals surface area contributed by atoms with Crippen molar-refractivity contribution in [2.24, 2.45) is 0 Å². The van der Waals surface area contributed by atoms with Crippen LogP contribution in [0.5, 0.6) is 0 Å². The maximum atomic E-state index is 4.18. The van der Waals surface area contributed by atoms with Gasteiger partial charge in [-0.3, -0.25) is 15.0 Å². The van der Waals surface area contributed by atoms with Gasteiger partial charge in [-0.1, -0.05) is 61.1 Å². The van der Waals surface area contributed by atoms with Crippen molar-refractivity contribution < 1.29 is 0 Å². The SMILES string of the molecule is C.CC(C)c1ccccn1.CC(C)c1cccnc1.CC(C)c1ccncc1. The Balaban J connectivity index is 0.000000384. The van der Waals surface area contributed by atoms with Gasteiger partial charge in [0.2, 0.25) is 0 Å². The van der Waals surface area contributed by atoms with E-state index in [2.05, 4.69) is 62.6 Å². The molecular weight excluding hydrogens is 342 g/mol. The average Bonchev–Trinajstić information content (AvgIpc) is 2.71. The molecule has 0 unspecified atom stereocenters. The van der Waals surface area contributed by atoms with Crippen LogP contribution in [0.25, 0.3) is 0 Å². The van der Waals surface area contributed by atoms with Crippen LogP contribution in [0.4, 0.5) is 0 Å². The Kier molecular flexibility index (Phi) is 13.2. The molecule has 3 heterocycles. The van der Waals surface area contributed by atoms with E-state index in [1.807, 2.05) is 61.2 Å². The van der Waals surface area contributed by atoms with E-state index in [-0.39, 0.29) is 7.43 Å². The molecule has 0 atom stereocenters. The first-order valence-electron chi connectivity index (χ1n) is 9.62. The Hall–Kier alpha value is -2.55. The summed E-state index contributed by atoms with van der Waals surface area (Å²) in [4.78, 5) is 12.1. The lowest BCUT2D eigenvalue weighted by molar-refractivity contribution is 0.823. The topological polar surface area (TPSA) is 38.7 Å². The van der Waals surface area contributed by atoms with Crippen LogP contribution in [0.15, 0.2) is 73.4 Å². The van der Waals surface area contributed by atoms with Crippen LogP contribution in [0.2, 0.25) is 0 Å². The molecule has 3 rings (SSSR count). The molecule has 0 N–H and O–H groups in total. The molecule has 0 amide bonds. The minimum atomic E-state index is 0. The number of rotatable bonds is 3. The Bertz CT molecular complexity index is 605. The summed E-state index contributed by atoms with van der Waals surface area (Å²) < 4.78 is 0. The highest BCUT2D eigenvalue weighted by atomic mass is 14.7. The molecule has 0 radical (unpaired) electrons. The molecule has 0 spiro atoms. The van der Waals surface area contributed by atoms with Crippen LogP contribution in [0.1, 0.15) is 83.5 Å². The molecule has 3 aromatic heterocycles. The summed E-state index contributed by atoms with van der Waals surface area (Å²) in [5.41, 5.74) is 3.82. The fourth-order valence-corrected chi connectivity index (χ4v) is 2.18. The zero-order valence-electron chi connectivity index (χ0n) is 17.5. The minimum absolute atomic E-state index is 0. The number of hydrogen-bond donors (Lipinski definition) is 0. The second-order valence-electron chi connectivity index (χ2n) is 7.29. The van der Waals surface area contributed by atoms with Gasteiger partial charge in [0.1, 0.15) is 0 Å². The minimum Gasteiger partial charge on any atom is -0.265 e. The van der Waals surface area contributed by atoms with Gasteiger partial charge >= 0.3 is 0 Å². The normalized spacial score (nSPS) is 9.75. The molecule has 0 fully saturated rings. The van der Waals surface area contributed by atoms with Gasteiger partial charge in [0.25, 0.3) is 0 Å². The number of nitrogens with zero attached hydrogens (tertiary/aromatic N) is 3. The molecule has 152 valence electrons. The third-order valence-corrected chi connectivity index (χ3v) is 4.00. The fraction of sp³-hybridized carbons (Fsp3) is 0.400. The highest BCUT2D eigenvalue weighted by molar-refractivity contribution is 5.13. The largest absolute Gasteiger partial charge is 0.265 e. The summed E-state index contributed by atoms with van der Waals surface area (Å²) in [6.45, 7) is 13.0. The highest BCUT2D eigenvalue weighted by Gasteiger charge is 1.96. The summed E-state index contributed by atoms with van der Waals surface area (Å²) in [5, 5.41) is 0. The van der Waals surface area contributed by atoms with E-state index < -0.39 is 0 Å². The van der Waals surface area contributed by atoms with Crippen molar-refractivity contribution in [1.82, 2.24) is 15.0 Å². The summed E-state index contributed by atoms with van der Waals surface area (Å²) in [5.74, 6) is 1.76. The van der Waals surface area contributed by atoms with Crippen LogP contribution in [0.3, 0.4) is 0 Å². The van der Waals surface area contributed by atoms with E-state index in [4.69, 9.17) is 0 Å². The molecule has 3 nitrogen and oxygen atoms in total. The maximum Gasteiger partial charge on any atom is 0.0428 e. The maximum absolute atomic E-state index is 4.18. The molecule has 0 aliphatic rings. The molecule has 28 heavy (non-hydrogen) atoms. The molecule has 0 bridgehead atoms. The van der Waals surface area contributed by atoms with Crippen molar-refractivity contribution in [3.8, 4) is 0 Å². The zero-order valence-corrected chi connectivity index (χ0v) is 17.5. The first-order chi connectivity index (χ1) is 12.9. The van der Waals surface area contributed by atoms with Gasteiger partial charge in [-0.15, -0.1) is 0 Å². The van der Waals surface area contributed by atoms with Gasteiger partial charge in [-0.2, -0.15) is 0 Å². The smallest absolute Gasteiger partial charge is 0.0428 e. The molecule has 0 aliphatic carbocycles. The van der Waals surface area contributed by atoms with E-state index >= 15 is 0 Å². The predicted molar refractivity (Wildman–Crippen MR) is 122 cm³/mol. The average molecular weight is 380 g/mol. The van der Waals surface area contributed by atoms with Crippen molar-refractivity contribution in [1.29, 1.82) is 0 Å². The molecule has 0 aliphatic heterocycles. The van der Waals surface area contributed by atoms with Crippen LogP contribution in [-0.2, 0) is 0 Å². The molecule has 3 aromatic rings. The van der Waals surface area contributed by atoms with Crippen LogP contribution in [0, 0.1) is 0 Å². The van der Waals surface area contributed by atoms with E-state index in [0.29, 0.717) is 17.8 Å². The first-order valence-corrected chi connectivity index (χ1v) is 9.62. The molecule has 0 aromatic carbocycles. The van der Waals surface area contributed by atoms with Crippen LogP contribution in [-0.4, -0.2) is 15.0 Å². The van der Waals surface area contributed by atoms with Crippen molar-refractivity contribution >= 4 is 0 Å². The summed E-state index contributed by atoms with van der Waals surface area (Å²) >= 11 is 0. The Morgan fingerprint density at radius 2 is 1.21 bits per heavy atom. The van der Waals surface area contributed by atoms with Gasteiger partial charge < -0.3 is 0 Å². The fourth-order valence-electron chi connectivity index (χ4n) is 2.18. The lowest BCUT2D eigenvalue weighted by Crippen LogP contribution is -1.88. The van der Waals surface area contributed by atoms with Crippen molar-refractivity contribution in [3.05, 3.63) is 90.3 Å². The Morgan fingerprint density at radius 3 is 1.54 bits per heavy atom. The molecular formula is C25H37N3. The van der Waals surface area contributed by atoms with Crippen molar-refractivity contribution in [2.45, 2.75) is 66.7 Å². The highest BCUT2D eigenvalue weighted by Crippen LogP contribution is 2.11. The quantitative estimate of drug-likeness (QED) is 0.481. The van der Waals surface area contributed by atoms with Gasteiger partial charge in [0.05, 0.1) is 0 Å². The second kappa shape index (κ2) is 14.5. The first kappa shape index (κ1) is 25.4. The molecule has 0 saturated carbocycles. The van der Waals surface area contributed by atoms with Gasteiger partial charge in [-0.25, -0.2) is 0 Å². The van der Waals surface area contributed by atoms with Crippen LogP contribution >= 0.6 is 0 Å². The van der Waals surface area contributed by atoms with Gasteiger partial charge in [-0.05, 0) is 59.2 Å². The second-order valence-corrected chi connectivity index (χ2v) is 7.29. The Labute approximate surface area is 172 Å². The van der Waals surface area contributed by atoms with Crippen molar-refractivity contribution in [3.63, 3.8) is 0 Å². The zero-order chi connectivity index (χ0) is 20.1. The van der Waals surface area contributed by atoms with Gasteiger partial charge in [0, 0.05) is 36.7 Å². The van der Waals surface area contributed by atoms with Crippen molar-refractivity contribution in [2.75, 3.05) is 0 Å². The summed E-state index contributed by atoms with van der Waals surface area (Å²) in [6.07, 6.45) is 9.19. The van der Waals surface area contributed by atoms with E-state index in [0.717, 1.165) is 5.69 Å². The lowest BCUT2D eigenvalue weighted by Gasteiger charge is -2.01. The lowest BCUT2D eigenvalue weighted by atomic mass is 10.1.